The first kappa shape index (κ1) is 12.7. The molecule has 0 saturated carbocycles. The molecule has 1 aromatic rings. The van der Waals surface area contributed by atoms with Gasteiger partial charge in [0, 0.05) is 6.26 Å². The van der Waals surface area contributed by atoms with Crippen molar-refractivity contribution in [3.8, 4) is 0 Å². The Hall–Kier alpha value is -1.37. The van der Waals surface area contributed by atoms with Crippen molar-refractivity contribution in [2.24, 2.45) is 0 Å². The van der Waals surface area contributed by atoms with Gasteiger partial charge >= 0.3 is 5.97 Å². The van der Waals surface area contributed by atoms with Gasteiger partial charge in [0.25, 0.3) is 0 Å². The van der Waals surface area contributed by atoms with Crippen LogP contribution in [0.5, 0.6) is 0 Å². The van der Waals surface area contributed by atoms with Crippen LogP contribution in [0.2, 0.25) is 0 Å². The van der Waals surface area contributed by atoms with Gasteiger partial charge < -0.3 is 5.11 Å². The monoisotopic (exact) mass is 246 g/mol. The van der Waals surface area contributed by atoms with Crippen LogP contribution in [0.3, 0.4) is 0 Å². The molecule has 1 heterocycles. The molecule has 1 aromatic heterocycles. The molecule has 0 aliphatic rings. The first-order valence-corrected chi connectivity index (χ1v) is 6.87. The highest BCUT2D eigenvalue weighted by molar-refractivity contribution is 7.90. The maximum atomic E-state index is 11.0. The second kappa shape index (κ2) is 4.65. The minimum Gasteiger partial charge on any atom is -0.478 e. The van der Waals surface area contributed by atoms with Crippen molar-refractivity contribution in [3.63, 3.8) is 0 Å². The molecule has 0 aliphatic heterocycles. The van der Waals surface area contributed by atoms with E-state index in [1.54, 1.807) is 6.92 Å². The number of carboxylic acid groups (broad SMARTS) is 1. The number of carbonyl (C=O) groups is 1. The van der Waals surface area contributed by atoms with Crippen LogP contribution in [-0.2, 0) is 22.8 Å². The van der Waals surface area contributed by atoms with Crippen LogP contribution in [0.1, 0.15) is 23.0 Å². The van der Waals surface area contributed by atoms with Crippen LogP contribution in [-0.4, -0.2) is 41.3 Å². The van der Waals surface area contributed by atoms with Crippen molar-refractivity contribution < 1.29 is 18.3 Å². The summed E-state index contributed by atoms with van der Waals surface area (Å²) in [6.45, 7) is 2.00. The summed E-state index contributed by atoms with van der Waals surface area (Å²) in [6, 6.07) is 0. The summed E-state index contributed by atoms with van der Waals surface area (Å²) in [5.41, 5.74) is 0.687. The molecule has 0 aliphatic carbocycles. The highest BCUT2D eigenvalue weighted by atomic mass is 32.2. The molecule has 1 N–H and O–H groups in total. The van der Waals surface area contributed by atoms with E-state index in [1.807, 2.05) is 0 Å². The third kappa shape index (κ3) is 3.06. The molecule has 0 aromatic carbocycles. The highest BCUT2D eigenvalue weighted by Crippen LogP contribution is 2.09. The Morgan fingerprint density at radius 2 is 2.19 bits per heavy atom. The summed E-state index contributed by atoms with van der Waals surface area (Å²) >= 11 is 0. The predicted octanol–water partition coefficient (Wildman–Crippen LogP) is 0.188. The first-order chi connectivity index (χ1) is 7.35. The number of carboxylic acids is 1. The normalized spacial score (nSPS) is 11.6. The molecule has 0 unspecified atom stereocenters. The minimum atomic E-state index is -3.07. The molecule has 0 amide bonds. The largest absolute Gasteiger partial charge is 0.478 e. The van der Waals surface area contributed by atoms with Gasteiger partial charge in [0.1, 0.15) is 15.4 Å². The third-order valence-electron chi connectivity index (χ3n) is 2.19. The van der Waals surface area contributed by atoms with Gasteiger partial charge in [-0.25, -0.2) is 13.2 Å². The van der Waals surface area contributed by atoms with Gasteiger partial charge in [-0.15, -0.1) is 0 Å². The van der Waals surface area contributed by atoms with E-state index in [0.29, 0.717) is 12.1 Å². The van der Waals surface area contributed by atoms with Crippen LogP contribution in [0.25, 0.3) is 0 Å². The summed E-state index contributed by atoms with van der Waals surface area (Å²) in [5.74, 6) is -1.08. The van der Waals surface area contributed by atoms with Crippen molar-refractivity contribution in [3.05, 3.63) is 17.5 Å². The van der Waals surface area contributed by atoms with E-state index in [9.17, 15) is 13.2 Å². The Labute approximate surface area is 93.8 Å². The van der Waals surface area contributed by atoms with Crippen LogP contribution in [0.4, 0.5) is 0 Å². The van der Waals surface area contributed by atoms with Crippen LogP contribution < -0.4 is 0 Å². The van der Waals surface area contributed by atoms with Crippen molar-refractivity contribution in [2.75, 3.05) is 12.0 Å². The molecule has 0 atom stereocenters. The van der Waals surface area contributed by atoms with E-state index < -0.39 is 15.8 Å². The van der Waals surface area contributed by atoms with Gasteiger partial charge in [0.2, 0.25) is 0 Å². The van der Waals surface area contributed by atoms with Gasteiger partial charge in [-0.2, -0.15) is 5.10 Å². The molecule has 0 spiro atoms. The van der Waals surface area contributed by atoms with Crippen molar-refractivity contribution >= 4 is 15.8 Å². The lowest BCUT2D eigenvalue weighted by Gasteiger charge is -2.05. The Bertz CT molecular complexity index is 490. The lowest BCUT2D eigenvalue weighted by Crippen LogP contribution is -2.15. The third-order valence-corrected chi connectivity index (χ3v) is 3.11. The number of sulfone groups is 1. The summed E-state index contributed by atoms with van der Waals surface area (Å²) < 4.78 is 23.4. The number of hydrogen-bond acceptors (Lipinski definition) is 4. The molecular formula is C9H14N2O4S. The fourth-order valence-electron chi connectivity index (χ4n) is 1.41. The number of rotatable bonds is 5. The number of aromatic carboxylic acids is 1. The van der Waals surface area contributed by atoms with E-state index in [4.69, 9.17) is 5.11 Å². The molecule has 7 heteroatoms. The minimum absolute atomic E-state index is 0.0409. The molecular weight excluding hydrogens is 232 g/mol. The average Bonchev–Trinajstić information content (AvgIpc) is 2.56. The van der Waals surface area contributed by atoms with E-state index in [0.717, 1.165) is 6.26 Å². The zero-order valence-electron chi connectivity index (χ0n) is 9.17. The first-order valence-electron chi connectivity index (χ1n) is 4.81. The zero-order chi connectivity index (χ0) is 12.3. The van der Waals surface area contributed by atoms with E-state index >= 15 is 0 Å². The van der Waals surface area contributed by atoms with Gasteiger partial charge in [-0.3, -0.25) is 4.68 Å². The molecule has 0 saturated heterocycles. The van der Waals surface area contributed by atoms with Crippen LogP contribution in [0, 0.1) is 0 Å². The Morgan fingerprint density at radius 1 is 1.56 bits per heavy atom. The zero-order valence-corrected chi connectivity index (χ0v) is 9.99. The molecule has 90 valence electrons. The fraction of sp³-hybridized carbons (Fsp3) is 0.556. The van der Waals surface area contributed by atoms with Gasteiger partial charge in [0.15, 0.2) is 0 Å². The van der Waals surface area contributed by atoms with Crippen molar-refractivity contribution in [1.82, 2.24) is 9.78 Å². The van der Waals surface area contributed by atoms with E-state index in [-0.39, 0.29) is 17.9 Å². The molecule has 6 nitrogen and oxygen atoms in total. The molecule has 0 fully saturated rings. The molecule has 0 bridgehead atoms. The number of aryl methyl sites for hydroxylation is 1. The lowest BCUT2D eigenvalue weighted by atomic mass is 10.2. The summed E-state index contributed by atoms with van der Waals surface area (Å²) in [7, 11) is -3.07. The number of hydrogen-bond donors (Lipinski definition) is 1. The Balaban J connectivity index is 2.93. The van der Waals surface area contributed by atoms with Gasteiger partial charge in [-0.05, 0) is 6.42 Å². The summed E-state index contributed by atoms with van der Waals surface area (Å²) in [4.78, 5) is 10.8. The SMILES string of the molecule is CCc1c(C(=O)O)cnn1CCS(C)(=O)=O. The fourth-order valence-corrected chi connectivity index (χ4v) is 1.91. The van der Waals surface area contributed by atoms with Crippen LogP contribution in [0.15, 0.2) is 6.20 Å². The summed E-state index contributed by atoms with van der Waals surface area (Å²) in [5, 5.41) is 12.7. The number of nitrogens with zero attached hydrogens (tertiary/aromatic N) is 2. The van der Waals surface area contributed by atoms with Gasteiger partial charge in [0.05, 0.1) is 24.2 Å². The standard InChI is InChI=1S/C9H14N2O4S/c1-3-8-7(9(12)13)6-10-11(8)4-5-16(2,14)15/h6H,3-5H2,1-2H3,(H,12,13). The Morgan fingerprint density at radius 3 is 2.62 bits per heavy atom. The van der Waals surface area contributed by atoms with Crippen molar-refractivity contribution in [1.29, 1.82) is 0 Å². The average molecular weight is 246 g/mol. The number of aromatic nitrogens is 2. The topological polar surface area (TPSA) is 89.3 Å². The quantitative estimate of drug-likeness (QED) is 0.801. The Kier molecular flexibility index (Phi) is 3.69. The second-order valence-electron chi connectivity index (χ2n) is 3.52. The molecule has 16 heavy (non-hydrogen) atoms. The maximum Gasteiger partial charge on any atom is 0.339 e. The highest BCUT2D eigenvalue weighted by Gasteiger charge is 2.15. The predicted molar refractivity (Wildman–Crippen MR) is 58.3 cm³/mol. The second-order valence-corrected chi connectivity index (χ2v) is 5.78. The molecule has 1 rings (SSSR count). The lowest BCUT2D eigenvalue weighted by molar-refractivity contribution is 0.0695. The van der Waals surface area contributed by atoms with E-state index in [2.05, 4.69) is 5.10 Å². The molecule has 0 radical (unpaired) electrons. The maximum absolute atomic E-state index is 11.0. The van der Waals surface area contributed by atoms with Crippen molar-refractivity contribution in [2.45, 2.75) is 19.9 Å². The van der Waals surface area contributed by atoms with Crippen LogP contribution >= 0.6 is 0 Å². The van der Waals surface area contributed by atoms with Gasteiger partial charge in [-0.1, -0.05) is 6.92 Å². The van der Waals surface area contributed by atoms with E-state index in [1.165, 1.54) is 10.9 Å². The summed E-state index contributed by atoms with van der Waals surface area (Å²) in [6.07, 6.45) is 2.90. The smallest absolute Gasteiger partial charge is 0.339 e.